The number of ether oxygens (including phenoxy) is 1. The van der Waals surface area contributed by atoms with E-state index >= 15 is 0 Å². The summed E-state index contributed by atoms with van der Waals surface area (Å²) in [6.07, 6.45) is -5.77. The van der Waals surface area contributed by atoms with E-state index in [9.17, 15) is 18.0 Å². The monoisotopic (exact) mass is 288 g/mol. The van der Waals surface area contributed by atoms with Crippen molar-refractivity contribution in [1.29, 1.82) is 0 Å². The van der Waals surface area contributed by atoms with Crippen molar-refractivity contribution in [3.8, 4) is 0 Å². The second-order valence-corrected chi connectivity index (χ2v) is 4.04. The number of alkyl halides is 3. The molecule has 0 aromatic heterocycles. The van der Waals surface area contributed by atoms with Crippen LogP contribution in [0.15, 0.2) is 0 Å². The maximum absolute atomic E-state index is 11.8. The molecule has 0 aromatic rings. The molecule has 0 bridgehead atoms. The van der Waals surface area contributed by atoms with Crippen molar-refractivity contribution in [3.05, 3.63) is 0 Å². The highest BCUT2D eigenvalue weighted by atomic mass is 19.4. The molecule has 0 aliphatic carbocycles. The lowest BCUT2D eigenvalue weighted by atomic mass is 10.2. The number of hydrogen-bond acceptors (Lipinski definition) is 5. The molecule has 2 atom stereocenters. The largest absolute Gasteiger partial charge is 0.448 e. The first-order valence-corrected chi connectivity index (χ1v) is 5.74. The van der Waals surface area contributed by atoms with Gasteiger partial charge in [-0.2, -0.15) is 13.2 Å². The fraction of sp³-hybridized carbons (Fsp3) is 0.900. The zero-order valence-electron chi connectivity index (χ0n) is 10.5. The van der Waals surface area contributed by atoms with Gasteiger partial charge in [-0.1, -0.05) is 0 Å². The summed E-state index contributed by atoms with van der Waals surface area (Å²) in [4.78, 5) is 10.9. The Kier molecular flexibility index (Phi) is 8.44. The fourth-order valence-corrected chi connectivity index (χ4v) is 1.07. The lowest BCUT2D eigenvalue weighted by Crippen LogP contribution is -2.41. The average Bonchev–Trinajstić information content (AvgIpc) is 2.29. The van der Waals surface area contributed by atoms with Crippen LogP contribution < -0.4 is 10.6 Å². The Labute approximate surface area is 108 Å². The molecule has 0 radical (unpaired) electrons. The van der Waals surface area contributed by atoms with Gasteiger partial charge in [0.25, 0.3) is 0 Å². The Morgan fingerprint density at radius 2 is 2.05 bits per heavy atom. The van der Waals surface area contributed by atoms with E-state index in [-0.39, 0.29) is 13.2 Å². The number of aliphatic hydroxyl groups excluding tert-OH is 2. The van der Waals surface area contributed by atoms with Crippen LogP contribution in [0.2, 0.25) is 0 Å². The first-order chi connectivity index (χ1) is 8.74. The minimum Gasteiger partial charge on any atom is -0.448 e. The molecule has 0 aromatic carbocycles. The number of hydrogen-bond donors (Lipinski definition) is 4. The van der Waals surface area contributed by atoms with Crippen LogP contribution in [-0.4, -0.2) is 60.9 Å². The number of carbonyl (C=O) groups excluding carboxylic acids is 1. The number of halogens is 3. The van der Waals surface area contributed by atoms with E-state index in [0.717, 1.165) is 0 Å². The average molecular weight is 288 g/mol. The van der Waals surface area contributed by atoms with Crippen molar-refractivity contribution in [2.24, 2.45) is 0 Å². The molecule has 0 aliphatic heterocycles. The predicted molar refractivity (Wildman–Crippen MR) is 60.6 cm³/mol. The Balaban J connectivity index is 3.78. The molecule has 19 heavy (non-hydrogen) atoms. The maximum Gasteiger partial charge on any atom is 0.407 e. The van der Waals surface area contributed by atoms with Gasteiger partial charge in [0.2, 0.25) is 0 Å². The van der Waals surface area contributed by atoms with Gasteiger partial charge in [0, 0.05) is 0 Å². The summed E-state index contributed by atoms with van der Waals surface area (Å²) in [6.45, 7) is -0.0927. The van der Waals surface area contributed by atoms with Gasteiger partial charge in [-0.3, -0.25) is 0 Å². The summed E-state index contributed by atoms with van der Waals surface area (Å²) in [5.41, 5.74) is 0. The summed E-state index contributed by atoms with van der Waals surface area (Å²) < 4.78 is 39.8. The number of amides is 1. The molecule has 9 heteroatoms. The molecular weight excluding hydrogens is 269 g/mol. The molecule has 0 spiro atoms. The van der Waals surface area contributed by atoms with Crippen LogP contribution in [0, 0.1) is 0 Å². The summed E-state index contributed by atoms with van der Waals surface area (Å²) in [5.74, 6) is 0. The Hall–Kier alpha value is -1.06. The maximum atomic E-state index is 11.8. The zero-order valence-corrected chi connectivity index (χ0v) is 10.5. The van der Waals surface area contributed by atoms with Gasteiger partial charge in [0.05, 0.1) is 18.8 Å². The molecule has 1 amide bonds. The van der Waals surface area contributed by atoms with Crippen molar-refractivity contribution in [1.82, 2.24) is 10.6 Å². The third kappa shape index (κ3) is 11.7. The SMILES string of the molecule is C[C@H](O)CCN[C@@H](CO)COC(=O)NCC(F)(F)F. The quantitative estimate of drug-likeness (QED) is 0.504. The number of aliphatic hydroxyl groups is 2. The second kappa shape index (κ2) is 8.94. The van der Waals surface area contributed by atoms with Gasteiger partial charge in [0.1, 0.15) is 13.2 Å². The van der Waals surface area contributed by atoms with Crippen LogP contribution >= 0.6 is 0 Å². The van der Waals surface area contributed by atoms with Gasteiger partial charge in [-0.25, -0.2) is 4.79 Å². The molecule has 0 heterocycles. The minimum atomic E-state index is -4.50. The first-order valence-electron chi connectivity index (χ1n) is 5.74. The van der Waals surface area contributed by atoms with E-state index in [1.54, 1.807) is 12.2 Å². The molecule has 4 N–H and O–H groups in total. The highest BCUT2D eigenvalue weighted by molar-refractivity contribution is 5.67. The Morgan fingerprint density at radius 1 is 1.42 bits per heavy atom. The van der Waals surface area contributed by atoms with Crippen molar-refractivity contribution in [2.75, 3.05) is 26.3 Å². The van der Waals surface area contributed by atoms with E-state index in [2.05, 4.69) is 10.1 Å². The Morgan fingerprint density at radius 3 is 2.53 bits per heavy atom. The Bertz CT molecular complexity index is 262. The fourth-order valence-electron chi connectivity index (χ4n) is 1.07. The summed E-state index contributed by atoms with van der Waals surface area (Å²) in [5, 5.41) is 22.3. The van der Waals surface area contributed by atoms with Crippen LogP contribution in [0.25, 0.3) is 0 Å². The number of rotatable bonds is 8. The third-order valence-corrected chi connectivity index (χ3v) is 2.06. The number of nitrogens with one attached hydrogen (secondary N) is 2. The van der Waals surface area contributed by atoms with Gasteiger partial charge < -0.3 is 25.6 Å². The van der Waals surface area contributed by atoms with E-state index in [1.165, 1.54) is 0 Å². The molecule has 0 saturated heterocycles. The molecule has 0 aliphatic rings. The normalized spacial score (nSPS) is 14.8. The molecule has 0 saturated carbocycles. The molecule has 0 unspecified atom stereocenters. The van der Waals surface area contributed by atoms with Gasteiger partial charge in [-0.15, -0.1) is 0 Å². The van der Waals surface area contributed by atoms with Crippen molar-refractivity contribution in [3.63, 3.8) is 0 Å². The first kappa shape index (κ1) is 17.9. The van der Waals surface area contributed by atoms with E-state index in [0.29, 0.717) is 13.0 Å². The summed E-state index contributed by atoms with van der Waals surface area (Å²) in [6, 6.07) is -0.588. The molecular formula is C10H19F3N2O4. The highest BCUT2D eigenvalue weighted by Gasteiger charge is 2.28. The van der Waals surface area contributed by atoms with Crippen LogP contribution in [-0.2, 0) is 4.74 Å². The van der Waals surface area contributed by atoms with Crippen LogP contribution in [0.3, 0.4) is 0 Å². The topological polar surface area (TPSA) is 90.8 Å². The van der Waals surface area contributed by atoms with Crippen LogP contribution in [0.5, 0.6) is 0 Å². The van der Waals surface area contributed by atoms with Gasteiger partial charge in [0.15, 0.2) is 0 Å². The summed E-state index contributed by atoms with van der Waals surface area (Å²) in [7, 11) is 0. The standard InChI is InChI=1S/C10H19F3N2O4/c1-7(17)2-3-14-8(4-16)5-19-9(18)15-6-10(11,12)13/h7-8,14,16-17H,2-6H2,1H3,(H,15,18)/t7-,8-/m0/s1. The molecule has 0 fully saturated rings. The number of alkyl carbamates (subject to hydrolysis) is 1. The minimum absolute atomic E-state index is 0.264. The number of carbonyl (C=O) groups is 1. The van der Waals surface area contributed by atoms with Crippen molar-refractivity contribution >= 4 is 6.09 Å². The lowest BCUT2D eigenvalue weighted by molar-refractivity contribution is -0.123. The molecule has 114 valence electrons. The second-order valence-electron chi connectivity index (χ2n) is 4.04. The van der Waals surface area contributed by atoms with Crippen molar-refractivity contribution < 1.29 is 32.9 Å². The van der Waals surface area contributed by atoms with Crippen LogP contribution in [0.4, 0.5) is 18.0 Å². The predicted octanol–water partition coefficient (Wildman–Crippen LogP) is -0.00370. The highest BCUT2D eigenvalue weighted by Crippen LogP contribution is 2.12. The van der Waals surface area contributed by atoms with Crippen LogP contribution in [0.1, 0.15) is 13.3 Å². The smallest absolute Gasteiger partial charge is 0.407 e. The lowest BCUT2D eigenvalue weighted by Gasteiger charge is -2.17. The summed E-state index contributed by atoms with van der Waals surface area (Å²) >= 11 is 0. The van der Waals surface area contributed by atoms with E-state index in [1.807, 2.05) is 0 Å². The van der Waals surface area contributed by atoms with E-state index < -0.39 is 31.0 Å². The molecule has 6 nitrogen and oxygen atoms in total. The third-order valence-electron chi connectivity index (χ3n) is 2.06. The van der Waals surface area contributed by atoms with Gasteiger partial charge >= 0.3 is 12.3 Å². The van der Waals surface area contributed by atoms with Gasteiger partial charge in [-0.05, 0) is 19.9 Å². The molecule has 0 rings (SSSR count). The van der Waals surface area contributed by atoms with Crippen molar-refractivity contribution in [2.45, 2.75) is 31.7 Å². The zero-order chi connectivity index (χ0) is 14.9. The van der Waals surface area contributed by atoms with E-state index in [4.69, 9.17) is 10.2 Å².